The van der Waals surface area contributed by atoms with Gasteiger partial charge in [0.05, 0.1) is 19.8 Å². The fourth-order valence-electron chi connectivity index (χ4n) is 2.61. The van der Waals surface area contributed by atoms with E-state index in [1.54, 1.807) is 14.2 Å². The van der Waals surface area contributed by atoms with Crippen molar-refractivity contribution < 1.29 is 19.3 Å². The molecule has 0 bridgehead atoms. The van der Waals surface area contributed by atoms with E-state index in [4.69, 9.17) is 14.2 Å². The minimum Gasteiger partial charge on any atom is -0.493 e. The molecule has 1 aliphatic rings. The summed E-state index contributed by atoms with van der Waals surface area (Å²) in [6.07, 6.45) is 3.66. The lowest BCUT2D eigenvalue weighted by Crippen LogP contribution is -2.39. The molecule has 0 heterocycles. The molecule has 0 saturated heterocycles. The number of para-hydroxylation sites is 1. The summed E-state index contributed by atoms with van der Waals surface area (Å²) >= 11 is 0. The van der Waals surface area contributed by atoms with Gasteiger partial charge in [-0.05, 0) is 43.7 Å². The van der Waals surface area contributed by atoms with Crippen molar-refractivity contribution in [2.75, 3.05) is 20.8 Å². The number of ether oxygens (including phenoxy) is 3. The van der Waals surface area contributed by atoms with Crippen molar-refractivity contribution >= 4 is 0 Å². The monoisotopic (exact) mass is 280 g/mol. The summed E-state index contributed by atoms with van der Waals surface area (Å²) < 4.78 is 16.4. The molecule has 0 amide bonds. The van der Waals surface area contributed by atoms with E-state index in [0.717, 1.165) is 25.7 Å². The number of hydrogen-bond acceptors (Lipinski definition) is 4. The number of methoxy groups -OCH3 is 2. The molecule has 2 rings (SSSR count). The quantitative estimate of drug-likeness (QED) is 0.900. The minimum atomic E-state index is -0.738. The van der Waals surface area contributed by atoms with Crippen LogP contribution >= 0.6 is 0 Å². The van der Waals surface area contributed by atoms with Crippen LogP contribution in [0.3, 0.4) is 0 Å². The van der Waals surface area contributed by atoms with Crippen LogP contribution in [0, 0.1) is 5.92 Å². The number of rotatable bonds is 5. The highest BCUT2D eigenvalue weighted by Crippen LogP contribution is 2.39. The topological polar surface area (TPSA) is 47.9 Å². The van der Waals surface area contributed by atoms with Crippen molar-refractivity contribution in [3.05, 3.63) is 18.2 Å². The molecule has 1 saturated carbocycles. The van der Waals surface area contributed by atoms with Crippen molar-refractivity contribution in [1.82, 2.24) is 0 Å². The normalized spacial score (nSPS) is 26.1. The average Bonchev–Trinajstić information content (AvgIpc) is 2.48. The van der Waals surface area contributed by atoms with E-state index in [1.165, 1.54) is 0 Å². The lowest BCUT2D eigenvalue weighted by molar-refractivity contribution is -0.0433. The zero-order valence-corrected chi connectivity index (χ0v) is 12.5. The summed E-state index contributed by atoms with van der Waals surface area (Å²) in [7, 11) is 3.19. The van der Waals surface area contributed by atoms with Crippen LogP contribution in [0.15, 0.2) is 18.2 Å². The Kier molecular flexibility index (Phi) is 4.76. The Bertz CT molecular complexity index is 414. The van der Waals surface area contributed by atoms with E-state index in [2.05, 4.69) is 6.92 Å². The molecule has 0 aliphatic heterocycles. The van der Waals surface area contributed by atoms with E-state index in [-0.39, 0.29) is 6.61 Å². The Morgan fingerprint density at radius 1 is 1.15 bits per heavy atom. The molecule has 112 valence electrons. The molecule has 4 nitrogen and oxygen atoms in total. The van der Waals surface area contributed by atoms with Gasteiger partial charge in [0.15, 0.2) is 11.5 Å². The minimum absolute atomic E-state index is 0.274. The summed E-state index contributed by atoms with van der Waals surface area (Å²) in [4.78, 5) is 0. The van der Waals surface area contributed by atoms with Crippen LogP contribution in [-0.4, -0.2) is 31.5 Å². The van der Waals surface area contributed by atoms with Crippen molar-refractivity contribution in [3.63, 3.8) is 0 Å². The molecule has 4 heteroatoms. The molecule has 1 fully saturated rings. The predicted molar refractivity (Wildman–Crippen MR) is 77.6 cm³/mol. The highest BCUT2D eigenvalue weighted by molar-refractivity contribution is 5.51. The molecule has 0 radical (unpaired) electrons. The van der Waals surface area contributed by atoms with Gasteiger partial charge in [-0.1, -0.05) is 13.0 Å². The maximum atomic E-state index is 10.6. The van der Waals surface area contributed by atoms with Gasteiger partial charge in [-0.2, -0.15) is 0 Å². The van der Waals surface area contributed by atoms with Crippen LogP contribution in [0.25, 0.3) is 0 Å². The van der Waals surface area contributed by atoms with Crippen LogP contribution in [-0.2, 0) is 0 Å². The maximum absolute atomic E-state index is 10.6. The highest BCUT2D eigenvalue weighted by Gasteiger charge is 2.33. The first-order valence-electron chi connectivity index (χ1n) is 7.14. The van der Waals surface area contributed by atoms with E-state index < -0.39 is 5.60 Å². The zero-order chi connectivity index (χ0) is 14.6. The maximum Gasteiger partial charge on any atom is 0.203 e. The number of hydrogen-bond donors (Lipinski definition) is 1. The summed E-state index contributed by atoms with van der Waals surface area (Å²) in [5, 5.41) is 10.6. The largest absolute Gasteiger partial charge is 0.493 e. The van der Waals surface area contributed by atoms with Gasteiger partial charge in [0, 0.05) is 0 Å². The molecule has 1 N–H and O–H groups in total. The summed E-state index contributed by atoms with van der Waals surface area (Å²) in [6.45, 7) is 2.50. The van der Waals surface area contributed by atoms with Crippen LogP contribution in [0.5, 0.6) is 17.2 Å². The van der Waals surface area contributed by atoms with Crippen molar-refractivity contribution in [3.8, 4) is 17.2 Å². The molecule has 0 atom stereocenters. The number of aliphatic hydroxyl groups is 1. The Hall–Kier alpha value is -1.42. The van der Waals surface area contributed by atoms with E-state index in [0.29, 0.717) is 23.2 Å². The van der Waals surface area contributed by atoms with Crippen molar-refractivity contribution in [1.29, 1.82) is 0 Å². The van der Waals surface area contributed by atoms with Gasteiger partial charge in [0.2, 0.25) is 5.75 Å². The average molecular weight is 280 g/mol. The molecule has 0 spiro atoms. The predicted octanol–water partition coefficient (Wildman–Crippen LogP) is 3.02. The summed E-state index contributed by atoms with van der Waals surface area (Å²) in [6, 6.07) is 5.50. The Morgan fingerprint density at radius 3 is 2.20 bits per heavy atom. The fraction of sp³-hybridized carbons (Fsp3) is 0.625. The smallest absolute Gasteiger partial charge is 0.203 e. The third kappa shape index (κ3) is 3.37. The second kappa shape index (κ2) is 6.35. The third-order valence-electron chi connectivity index (χ3n) is 4.07. The number of benzene rings is 1. The van der Waals surface area contributed by atoms with Gasteiger partial charge in [-0.15, -0.1) is 0 Å². The Morgan fingerprint density at radius 2 is 1.70 bits per heavy atom. The molecule has 1 aromatic rings. The van der Waals surface area contributed by atoms with E-state index in [1.807, 2.05) is 18.2 Å². The second-order valence-electron chi connectivity index (χ2n) is 5.69. The van der Waals surface area contributed by atoms with Gasteiger partial charge >= 0.3 is 0 Å². The lowest BCUT2D eigenvalue weighted by atomic mass is 9.80. The molecule has 0 unspecified atom stereocenters. The lowest BCUT2D eigenvalue weighted by Gasteiger charge is -2.34. The van der Waals surface area contributed by atoms with Crippen LogP contribution < -0.4 is 14.2 Å². The molecule has 1 aliphatic carbocycles. The third-order valence-corrected chi connectivity index (χ3v) is 4.07. The summed E-state index contributed by atoms with van der Waals surface area (Å²) in [5.41, 5.74) is -0.738. The van der Waals surface area contributed by atoms with Gasteiger partial charge in [-0.3, -0.25) is 0 Å². The molecule has 0 aromatic heterocycles. The summed E-state index contributed by atoms with van der Waals surface area (Å²) in [5.74, 6) is 2.50. The van der Waals surface area contributed by atoms with Gasteiger partial charge in [0.1, 0.15) is 6.61 Å². The molecular formula is C16H24O4. The molecule has 20 heavy (non-hydrogen) atoms. The van der Waals surface area contributed by atoms with E-state index in [9.17, 15) is 5.11 Å². The van der Waals surface area contributed by atoms with Crippen molar-refractivity contribution in [2.24, 2.45) is 5.92 Å². The Balaban J connectivity index is 2.06. The SMILES string of the molecule is COc1cccc(OC)c1OCC1(O)CCC(C)CC1. The van der Waals surface area contributed by atoms with Crippen LogP contribution in [0.4, 0.5) is 0 Å². The fourth-order valence-corrected chi connectivity index (χ4v) is 2.61. The van der Waals surface area contributed by atoms with Crippen LogP contribution in [0.2, 0.25) is 0 Å². The van der Waals surface area contributed by atoms with E-state index >= 15 is 0 Å². The Labute approximate surface area is 120 Å². The van der Waals surface area contributed by atoms with Crippen molar-refractivity contribution in [2.45, 2.75) is 38.2 Å². The van der Waals surface area contributed by atoms with Gasteiger partial charge in [-0.25, -0.2) is 0 Å². The van der Waals surface area contributed by atoms with Gasteiger partial charge in [0.25, 0.3) is 0 Å². The first kappa shape index (κ1) is 15.0. The van der Waals surface area contributed by atoms with Crippen LogP contribution in [0.1, 0.15) is 32.6 Å². The highest BCUT2D eigenvalue weighted by atomic mass is 16.5. The standard InChI is InChI=1S/C16H24O4/c1-12-7-9-16(17,10-8-12)11-20-15-13(18-2)5-4-6-14(15)19-3/h4-6,12,17H,7-11H2,1-3H3. The van der Waals surface area contributed by atoms with Gasteiger partial charge < -0.3 is 19.3 Å². The first-order chi connectivity index (χ1) is 9.58. The second-order valence-corrected chi connectivity index (χ2v) is 5.69. The first-order valence-corrected chi connectivity index (χ1v) is 7.14. The molecule has 1 aromatic carbocycles. The molecular weight excluding hydrogens is 256 g/mol. The zero-order valence-electron chi connectivity index (χ0n) is 12.5.